The van der Waals surface area contributed by atoms with Crippen molar-refractivity contribution >= 4 is 53.4 Å². The maximum absolute atomic E-state index is 11.1. The Balaban J connectivity index is 3.28. The molecule has 0 aliphatic carbocycles. The van der Waals surface area contributed by atoms with Crippen molar-refractivity contribution in [2.24, 2.45) is 0 Å². The Morgan fingerprint density at radius 3 is 1.50 bits per heavy atom. The summed E-state index contributed by atoms with van der Waals surface area (Å²) >= 11 is 0. The molecule has 0 aliphatic rings. The summed E-state index contributed by atoms with van der Waals surface area (Å²) in [5, 5.41) is 0.421. The highest BCUT2D eigenvalue weighted by molar-refractivity contribution is 8.82. The smallest absolute Gasteiger partial charge is 0.199 e. The Morgan fingerprint density at radius 2 is 1.21 bits per heavy atom. The summed E-state index contributed by atoms with van der Waals surface area (Å²) in [6.45, 7) is 0. The van der Waals surface area contributed by atoms with E-state index in [1.54, 1.807) is 0 Å². The summed E-state index contributed by atoms with van der Waals surface area (Å²) in [7, 11) is 5.52. The molecule has 6 heteroatoms. The average molecular weight is 270 g/mol. The summed E-state index contributed by atoms with van der Waals surface area (Å²) in [4.78, 5) is 22.1. The zero-order valence-corrected chi connectivity index (χ0v) is 11.5. The molecule has 0 aromatic carbocycles. The molecule has 0 unspecified atom stereocenters. The van der Waals surface area contributed by atoms with Gasteiger partial charge in [-0.2, -0.15) is 0 Å². The predicted molar refractivity (Wildman–Crippen MR) is 70.7 cm³/mol. The van der Waals surface area contributed by atoms with Gasteiger partial charge in [-0.15, -0.1) is 0 Å². The average Bonchev–Trinajstić information content (AvgIpc) is 2.13. The van der Waals surface area contributed by atoms with E-state index >= 15 is 0 Å². The van der Waals surface area contributed by atoms with E-state index in [1.807, 2.05) is 12.5 Å². The minimum Gasteiger partial charge on any atom is -0.286 e. The molecule has 0 radical (unpaired) electrons. The van der Waals surface area contributed by atoms with Crippen LogP contribution >= 0.6 is 43.2 Å². The van der Waals surface area contributed by atoms with Crippen LogP contribution in [-0.4, -0.2) is 22.7 Å². The monoisotopic (exact) mass is 270 g/mol. The summed E-state index contributed by atoms with van der Waals surface area (Å²) in [5.74, 6) is 0. The van der Waals surface area contributed by atoms with Crippen molar-refractivity contribution in [1.29, 1.82) is 0 Å². The van der Waals surface area contributed by atoms with Crippen LogP contribution in [0.5, 0.6) is 0 Å². The quantitative estimate of drug-likeness (QED) is 0.519. The Hall–Kier alpha value is 0.740. The molecule has 0 saturated carbocycles. The molecule has 0 N–H and O–H groups in total. The molecule has 0 saturated heterocycles. The molecular weight excluding hydrogens is 256 g/mol. The third kappa shape index (κ3) is 9.30. The first kappa shape index (κ1) is 14.7. The molecule has 0 fully saturated rings. The number of hydrogen-bond acceptors (Lipinski definition) is 6. The fraction of sp³-hybridized carbons (Fsp3) is 0.750. The summed E-state index contributed by atoms with van der Waals surface area (Å²) in [5.41, 5.74) is 0. The van der Waals surface area contributed by atoms with E-state index in [0.29, 0.717) is 12.8 Å². The van der Waals surface area contributed by atoms with Crippen molar-refractivity contribution in [3.05, 3.63) is 0 Å². The summed E-state index contributed by atoms with van der Waals surface area (Å²) < 4.78 is 0. The first-order chi connectivity index (χ1) is 6.70. The van der Waals surface area contributed by atoms with Gasteiger partial charge in [0.05, 0.1) is 0 Å². The highest BCUT2D eigenvalue weighted by Gasteiger charge is 2.04. The van der Waals surface area contributed by atoms with E-state index in [4.69, 9.17) is 0 Å². The number of unbranched alkanes of at least 4 members (excludes halogenated alkanes) is 1. The lowest BCUT2D eigenvalue weighted by atomic mass is 10.2. The van der Waals surface area contributed by atoms with Crippen LogP contribution in [0, 0.1) is 0 Å². The van der Waals surface area contributed by atoms with E-state index in [2.05, 4.69) is 0 Å². The topological polar surface area (TPSA) is 34.1 Å². The lowest BCUT2D eigenvalue weighted by molar-refractivity contribution is -0.112. The van der Waals surface area contributed by atoms with Gasteiger partial charge in [0.25, 0.3) is 0 Å². The van der Waals surface area contributed by atoms with Gasteiger partial charge in [0.15, 0.2) is 10.2 Å². The van der Waals surface area contributed by atoms with Crippen LogP contribution in [0.2, 0.25) is 0 Å². The van der Waals surface area contributed by atoms with Crippen molar-refractivity contribution < 1.29 is 9.59 Å². The number of carbonyl (C=O) groups is 2. The van der Waals surface area contributed by atoms with Gasteiger partial charge in [-0.25, -0.2) is 0 Å². The van der Waals surface area contributed by atoms with E-state index in [9.17, 15) is 9.59 Å². The highest BCUT2D eigenvalue weighted by Crippen LogP contribution is 2.23. The van der Waals surface area contributed by atoms with Crippen LogP contribution in [0.4, 0.5) is 0 Å². The second-order valence-corrected chi connectivity index (χ2v) is 7.36. The Bertz CT molecular complexity index is 164. The van der Waals surface area contributed by atoms with Gasteiger partial charge in [0, 0.05) is 12.8 Å². The maximum atomic E-state index is 11.1. The van der Waals surface area contributed by atoms with Gasteiger partial charge in [0.2, 0.25) is 0 Å². The second kappa shape index (κ2) is 10.3. The zero-order valence-electron chi connectivity index (χ0n) is 8.28. The van der Waals surface area contributed by atoms with Gasteiger partial charge < -0.3 is 0 Å². The molecule has 82 valence electrons. The van der Waals surface area contributed by atoms with E-state index in [0.717, 1.165) is 12.8 Å². The van der Waals surface area contributed by atoms with Crippen LogP contribution in [0.15, 0.2) is 0 Å². The molecule has 0 heterocycles. The third-order valence-corrected chi connectivity index (χ3v) is 4.59. The third-order valence-electron chi connectivity index (χ3n) is 1.36. The van der Waals surface area contributed by atoms with Crippen LogP contribution in [0.3, 0.4) is 0 Å². The molecule has 14 heavy (non-hydrogen) atoms. The van der Waals surface area contributed by atoms with Crippen molar-refractivity contribution in [2.45, 2.75) is 25.7 Å². The second-order valence-electron chi connectivity index (χ2n) is 2.45. The molecule has 0 bridgehead atoms. The van der Waals surface area contributed by atoms with Crippen LogP contribution in [0.1, 0.15) is 25.7 Å². The van der Waals surface area contributed by atoms with Gasteiger partial charge in [0.1, 0.15) is 0 Å². The first-order valence-electron chi connectivity index (χ1n) is 4.17. The van der Waals surface area contributed by atoms with E-state index in [-0.39, 0.29) is 10.2 Å². The summed E-state index contributed by atoms with van der Waals surface area (Å²) in [6.07, 6.45) is 6.61. The van der Waals surface area contributed by atoms with E-state index in [1.165, 1.54) is 43.2 Å². The molecule has 0 spiro atoms. The Morgan fingerprint density at radius 1 is 0.857 bits per heavy atom. The van der Waals surface area contributed by atoms with Crippen molar-refractivity contribution in [1.82, 2.24) is 0 Å². The lowest BCUT2D eigenvalue weighted by Gasteiger charge is -1.98. The predicted octanol–water partition coefficient (Wildman–Crippen LogP) is 3.62. The fourth-order valence-corrected chi connectivity index (χ4v) is 3.25. The summed E-state index contributed by atoms with van der Waals surface area (Å²) in [6, 6.07) is 0. The largest absolute Gasteiger partial charge is 0.286 e. The zero-order chi connectivity index (χ0) is 10.8. The SMILES string of the molecule is CSSC(=O)CCCCC(=O)SSC. The molecule has 0 aromatic rings. The molecule has 0 rings (SSSR count). The number of rotatable bonds is 7. The van der Waals surface area contributed by atoms with Gasteiger partial charge in [-0.1, -0.05) is 21.6 Å². The molecule has 0 aromatic heterocycles. The van der Waals surface area contributed by atoms with Gasteiger partial charge in [-0.05, 0) is 46.9 Å². The Labute approximate surface area is 101 Å². The van der Waals surface area contributed by atoms with Crippen LogP contribution in [0.25, 0.3) is 0 Å². The van der Waals surface area contributed by atoms with E-state index < -0.39 is 0 Å². The molecule has 2 nitrogen and oxygen atoms in total. The molecule has 0 amide bonds. The molecular formula is C8H14O2S4. The maximum Gasteiger partial charge on any atom is 0.199 e. The standard InChI is InChI=1S/C8H14O2S4/c1-11-13-7(9)5-3-4-6-8(10)14-12-2/h3-6H2,1-2H3. The fourth-order valence-electron chi connectivity index (χ4n) is 0.808. The number of hydrogen-bond donors (Lipinski definition) is 0. The highest BCUT2D eigenvalue weighted by atomic mass is 33.1. The normalized spacial score (nSPS) is 10.1. The van der Waals surface area contributed by atoms with Gasteiger partial charge >= 0.3 is 0 Å². The minimum atomic E-state index is 0.211. The first-order valence-corrected chi connectivity index (χ1v) is 9.29. The van der Waals surface area contributed by atoms with Crippen molar-refractivity contribution in [2.75, 3.05) is 12.5 Å². The minimum absolute atomic E-state index is 0.211. The number of carbonyl (C=O) groups excluding carboxylic acids is 2. The van der Waals surface area contributed by atoms with Gasteiger partial charge in [-0.3, -0.25) is 9.59 Å². The van der Waals surface area contributed by atoms with Crippen molar-refractivity contribution in [3.63, 3.8) is 0 Å². The molecule has 0 atom stereocenters. The van der Waals surface area contributed by atoms with Crippen molar-refractivity contribution in [3.8, 4) is 0 Å². The van der Waals surface area contributed by atoms with Crippen LogP contribution in [-0.2, 0) is 9.59 Å². The molecule has 0 aliphatic heterocycles. The lowest BCUT2D eigenvalue weighted by Crippen LogP contribution is -1.92. The Kier molecular flexibility index (Phi) is 10.8. The van der Waals surface area contributed by atoms with Crippen LogP contribution < -0.4 is 0 Å².